The largest absolute Gasteiger partial charge is 0.508 e. The molecule has 1 aromatic carbocycles. The van der Waals surface area contributed by atoms with Gasteiger partial charge in [0.15, 0.2) is 11.2 Å². The number of carbonyl (C=O) groups is 2. The summed E-state index contributed by atoms with van der Waals surface area (Å²) in [5.41, 5.74) is 7.54. The molecule has 14 heteroatoms. The van der Waals surface area contributed by atoms with Crippen LogP contribution in [0.4, 0.5) is 15.5 Å². The van der Waals surface area contributed by atoms with Gasteiger partial charge < -0.3 is 29.6 Å². The van der Waals surface area contributed by atoms with Crippen molar-refractivity contribution in [1.82, 2.24) is 29.3 Å². The quantitative estimate of drug-likeness (QED) is 0.168. The molecule has 1 amide bonds. The number of likely N-dealkylation sites (tertiary alicyclic amines) is 1. The Morgan fingerprint density at radius 1 is 1.28 bits per heavy atom. The molecule has 5 rings (SSSR count). The number of imidazole rings is 1. The minimum Gasteiger partial charge on any atom is -0.445 e. The summed E-state index contributed by atoms with van der Waals surface area (Å²) in [4.78, 5) is 52.6. The second-order valence-corrected chi connectivity index (χ2v) is 11.6. The van der Waals surface area contributed by atoms with Gasteiger partial charge in [0.2, 0.25) is 5.95 Å². The zero-order valence-electron chi connectivity index (χ0n) is 26.5. The van der Waals surface area contributed by atoms with Crippen LogP contribution < -0.4 is 11.3 Å². The Morgan fingerprint density at radius 3 is 2.83 bits per heavy atom. The number of anilines is 1. The fraction of sp³-hybridized carbons (Fsp3) is 0.485. The Kier molecular flexibility index (Phi) is 11.1. The molecule has 14 nitrogen and oxygen atoms in total. The van der Waals surface area contributed by atoms with Crippen LogP contribution in [-0.2, 0) is 25.5 Å². The summed E-state index contributed by atoms with van der Waals surface area (Å²) in [5, 5.41) is 0. The third-order valence-electron chi connectivity index (χ3n) is 8.40. The van der Waals surface area contributed by atoms with Gasteiger partial charge in [0.05, 0.1) is 12.4 Å². The maximum Gasteiger partial charge on any atom is 0.508 e. The van der Waals surface area contributed by atoms with Crippen LogP contribution in [0.15, 0.2) is 48.0 Å². The van der Waals surface area contributed by atoms with Crippen LogP contribution in [0.25, 0.3) is 11.2 Å². The molecule has 2 aliphatic heterocycles. The number of hydrogen-bond donors (Lipinski definition) is 2. The first kappa shape index (κ1) is 33.5. The zero-order valence-corrected chi connectivity index (χ0v) is 26.5. The number of benzene rings is 1. The number of terminal acetylenes is 1. The number of nitrogens with zero attached hydrogens (tertiary/aromatic N) is 5. The maximum absolute atomic E-state index is 12.9. The number of amides is 1. The van der Waals surface area contributed by atoms with E-state index in [1.54, 1.807) is 15.5 Å². The first-order valence-corrected chi connectivity index (χ1v) is 15.8. The van der Waals surface area contributed by atoms with Gasteiger partial charge in [-0.15, -0.1) is 6.42 Å². The van der Waals surface area contributed by atoms with E-state index < -0.39 is 30.2 Å². The molecule has 0 saturated carbocycles. The number of nitrogens with one attached hydrogen (secondary N) is 1. The Labute approximate surface area is 272 Å². The van der Waals surface area contributed by atoms with Crippen LogP contribution in [0.1, 0.15) is 56.4 Å². The molecule has 2 aromatic heterocycles. The molecule has 2 saturated heterocycles. The van der Waals surface area contributed by atoms with Gasteiger partial charge in [-0.05, 0) is 43.4 Å². The standard InChI is InChI=1S/C33H41N7O7/c1-4-16-44-32(42)39-14-8-7-9-24(39)20-38(19-23-12-10-22(5-2)11-13-23)15-17-45-33(43)47-26-18-27(46-25(26)6-3)40-21-35-28-29(40)36-31(34)37-30(28)41/h2,4,10-13,21,24-27H,1,6-9,14-20H2,3H3,(H3,34,36,37,41)/t24?,25-,26?,27-/m1/s1. The predicted molar refractivity (Wildman–Crippen MR) is 173 cm³/mol. The lowest BCUT2D eigenvalue weighted by molar-refractivity contribution is -0.0366. The second kappa shape index (κ2) is 15.6. The summed E-state index contributed by atoms with van der Waals surface area (Å²) in [5.74, 6) is 2.59. The van der Waals surface area contributed by atoms with Gasteiger partial charge in [-0.3, -0.25) is 19.2 Å². The van der Waals surface area contributed by atoms with Gasteiger partial charge in [-0.1, -0.05) is 37.6 Å². The van der Waals surface area contributed by atoms with Crippen molar-refractivity contribution in [2.45, 2.75) is 70.1 Å². The number of fused-ring (bicyclic) bond motifs is 1. The van der Waals surface area contributed by atoms with Crippen molar-refractivity contribution in [2.24, 2.45) is 0 Å². The average molecular weight is 648 g/mol. The van der Waals surface area contributed by atoms with E-state index in [4.69, 9.17) is 31.1 Å². The van der Waals surface area contributed by atoms with Crippen molar-refractivity contribution >= 4 is 29.4 Å². The number of nitrogens with two attached hydrogens (primary N) is 1. The molecule has 4 atom stereocenters. The highest BCUT2D eigenvalue weighted by molar-refractivity contribution is 5.70. The smallest absolute Gasteiger partial charge is 0.445 e. The second-order valence-electron chi connectivity index (χ2n) is 11.6. The molecular weight excluding hydrogens is 606 g/mol. The molecule has 4 heterocycles. The molecule has 250 valence electrons. The van der Waals surface area contributed by atoms with E-state index in [0.29, 0.717) is 39.0 Å². The number of aromatic amines is 1. The molecule has 2 aliphatic rings. The van der Waals surface area contributed by atoms with E-state index in [9.17, 15) is 14.4 Å². The summed E-state index contributed by atoms with van der Waals surface area (Å²) >= 11 is 0. The minimum absolute atomic E-state index is 0.0342. The normalized spacial score (nSPS) is 21.0. The molecule has 0 spiro atoms. The van der Waals surface area contributed by atoms with Crippen LogP contribution >= 0.6 is 0 Å². The molecule has 3 N–H and O–H groups in total. The average Bonchev–Trinajstić information content (AvgIpc) is 3.68. The summed E-state index contributed by atoms with van der Waals surface area (Å²) < 4.78 is 24.4. The van der Waals surface area contributed by atoms with Crippen molar-refractivity contribution in [3.63, 3.8) is 0 Å². The number of carbonyl (C=O) groups excluding carboxylic acids is 2. The molecule has 2 fully saturated rings. The van der Waals surface area contributed by atoms with Crippen molar-refractivity contribution in [2.75, 3.05) is 38.6 Å². The Bertz CT molecular complexity index is 1650. The van der Waals surface area contributed by atoms with Crippen LogP contribution in [0.3, 0.4) is 0 Å². The van der Waals surface area contributed by atoms with E-state index in [2.05, 4.69) is 32.4 Å². The Balaban J connectivity index is 1.20. The minimum atomic E-state index is -0.808. The lowest BCUT2D eigenvalue weighted by atomic mass is 10.0. The molecule has 0 aliphatic carbocycles. The zero-order chi connectivity index (χ0) is 33.3. The molecule has 0 bridgehead atoms. The fourth-order valence-electron chi connectivity index (χ4n) is 6.07. The lowest BCUT2D eigenvalue weighted by Crippen LogP contribution is -2.50. The van der Waals surface area contributed by atoms with E-state index in [1.807, 2.05) is 31.2 Å². The van der Waals surface area contributed by atoms with Crippen LogP contribution in [0, 0.1) is 12.3 Å². The molecular formula is C33H41N7O7. The van der Waals surface area contributed by atoms with Gasteiger partial charge in [0, 0.05) is 44.2 Å². The number of piperidine rings is 1. The summed E-state index contributed by atoms with van der Waals surface area (Å²) in [6.07, 6.45) is 9.47. The van der Waals surface area contributed by atoms with E-state index in [1.165, 1.54) is 6.33 Å². The van der Waals surface area contributed by atoms with E-state index in [0.717, 1.165) is 30.4 Å². The van der Waals surface area contributed by atoms with Crippen molar-refractivity contribution < 1.29 is 28.5 Å². The van der Waals surface area contributed by atoms with Crippen LogP contribution in [0.5, 0.6) is 0 Å². The summed E-state index contributed by atoms with van der Waals surface area (Å²) in [6, 6.07) is 7.66. The highest BCUT2D eigenvalue weighted by atomic mass is 16.7. The topological polar surface area (TPSA) is 167 Å². The lowest BCUT2D eigenvalue weighted by Gasteiger charge is -2.38. The molecule has 3 aromatic rings. The molecule has 0 radical (unpaired) electrons. The van der Waals surface area contributed by atoms with Gasteiger partial charge in [0.1, 0.15) is 25.5 Å². The highest BCUT2D eigenvalue weighted by Crippen LogP contribution is 2.34. The number of hydrogen-bond acceptors (Lipinski definition) is 11. The molecule has 47 heavy (non-hydrogen) atoms. The number of aromatic nitrogens is 4. The summed E-state index contributed by atoms with van der Waals surface area (Å²) in [7, 11) is 0. The Morgan fingerprint density at radius 2 is 2.09 bits per heavy atom. The van der Waals surface area contributed by atoms with E-state index in [-0.39, 0.29) is 42.5 Å². The summed E-state index contributed by atoms with van der Waals surface area (Å²) in [6.45, 7) is 7.93. The third kappa shape index (κ3) is 8.30. The van der Waals surface area contributed by atoms with Gasteiger partial charge >= 0.3 is 12.2 Å². The van der Waals surface area contributed by atoms with Crippen LogP contribution in [0.2, 0.25) is 0 Å². The van der Waals surface area contributed by atoms with Crippen molar-refractivity contribution in [3.8, 4) is 12.3 Å². The van der Waals surface area contributed by atoms with Gasteiger partial charge in [-0.2, -0.15) is 4.98 Å². The number of H-pyrrole nitrogens is 1. The van der Waals surface area contributed by atoms with E-state index >= 15 is 0 Å². The van der Waals surface area contributed by atoms with Crippen LogP contribution in [-0.4, -0.2) is 92.7 Å². The monoisotopic (exact) mass is 647 g/mol. The van der Waals surface area contributed by atoms with Gasteiger partial charge in [0.25, 0.3) is 5.56 Å². The van der Waals surface area contributed by atoms with Gasteiger partial charge in [-0.25, -0.2) is 14.6 Å². The highest BCUT2D eigenvalue weighted by Gasteiger charge is 2.39. The third-order valence-corrected chi connectivity index (χ3v) is 8.40. The SMILES string of the molecule is C#Cc1ccc(CN(CCOC(=O)OC2C[C@H](n3cnc4c(=O)[nH]c(N)nc43)O[C@@H]2CC)CC2CCCCN2C(=O)OCC=C)cc1. The predicted octanol–water partition coefficient (Wildman–Crippen LogP) is 3.58. The number of ether oxygens (including phenoxy) is 4. The Hall–Kier alpha value is -4.87. The maximum atomic E-state index is 12.9. The number of nitrogen functional groups attached to an aromatic ring is 1. The molecule has 2 unspecified atom stereocenters. The fourth-order valence-corrected chi connectivity index (χ4v) is 6.07. The first-order valence-electron chi connectivity index (χ1n) is 15.8. The van der Waals surface area contributed by atoms with Crippen molar-refractivity contribution in [1.29, 1.82) is 0 Å². The first-order chi connectivity index (χ1) is 22.8. The van der Waals surface area contributed by atoms with Crippen molar-refractivity contribution in [3.05, 3.63) is 64.7 Å². The number of rotatable bonds is 12.